The predicted octanol–water partition coefficient (Wildman–Crippen LogP) is 2.08. The maximum Gasteiger partial charge on any atom is 0.390 e. The van der Waals surface area contributed by atoms with Crippen LogP contribution < -0.4 is 5.32 Å². The molecule has 0 heterocycles. The van der Waals surface area contributed by atoms with Crippen LogP contribution in [0.25, 0.3) is 0 Å². The number of carbonyl (C=O) groups is 2. The van der Waals surface area contributed by atoms with Gasteiger partial charge in [-0.25, -0.2) is 9.59 Å². The van der Waals surface area contributed by atoms with Crippen molar-refractivity contribution in [3.8, 4) is 0 Å². The minimum atomic E-state index is -4.36. The molecule has 0 spiro atoms. The summed E-state index contributed by atoms with van der Waals surface area (Å²) in [5.41, 5.74) is -0.744. The molecule has 0 saturated carbocycles. The van der Waals surface area contributed by atoms with E-state index in [9.17, 15) is 22.8 Å². The highest BCUT2D eigenvalue weighted by molar-refractivity contribution is 5.83. The Labute approximate surface area is 109 Å². The number of urea groups is 1. The maximum atomic E-state index is 12.0. The van der Waals surface area contributed by atoms with Gasteiger partial charge in [0.1, 0.15) is 6.04 Å². The zero-order valence-corrected chi connectivity index (χ0v) is 11.3. The Morgan fingerprint density at radius 1 is 1.26 bits per heavy atom. The van der Waals surface area contributed by atoms with Crippen LogP contribution in [-0.4, -0.2) is 47.8 Å². The number of aliphatic carboxylic acids is 1. The number of nitrogens with one attached hydrogen (secondary N) is 1. The lowest BCUT2D eigenvalue weighted by molar-refractivity contribution is -0.142. The Balaban J connectivity index is 4.54. The molecule has 0 fully saturated rings. The fraction of sp³-hybridized carbons (Fsp3) is 0.818. The number of halogens is 3. The lowest BCUT2D eigenvalue weighted by atomic mass is 9.87. The van der Waals surface area contributed by atoms with Crippen molar-refractivity contribution >= 4 is 12.0 Å². The summed E-state index contributed by atoms with van der Waals surface area (Å²) in [6, 6.07) is -2.01. The second-order valence-electron chi connectivity index (χ2n) is 5.37. The number of carboxylic acid groups (broad SMARTS) is 1. The first-order valence-corrected chi connectivity index (χ1v) is 5.66. The summed E-state index contributed by atoms with van der Waals surface area (Å²) >= 11 is 0. The third-order valence-corrected chi connectivity index (χ3v) is 2.46. The van der Waals surface area contributed by atoms with E-state index in [0.29, 0.717) is 0 Å². The van der Waals surface area contributed by atoms with Crippen molar-refractivity contribution in [2.75, 3.05) is 13.6 Å². The number of amides is 2. The monoisotopic (exact) mass is 284 g/mol. The molecule has 1 atom stereocenters. The topological polar surface area (TPSA) is 69.6 Å². The molecule has 0 aliphatic rings. The number of rotatable bonds is 4. The Kier molecular flexibility index (Phi) is 5.64. The second kappa shape index (κ2) is 6.12. The molecule has 2 amide bonds. The molecule has 0 aliphatic heterocycles. The summed E-state index contributed by atoms with van der Waals surface area (Å²) in [5.74, 6) is -1.23. The van der Waals surface area contributed by atoms with Gasteiger partial charge in [0.15, 0.2) is 0 Å². The van der Waals surface area contributed by atoms with E-state index in [4.69, 9.17) is 5.11 Å². The normalized spacial score (nSPS) is 13.8. The van der Waals surface area contributed by atoms with Gasteiger partial charge in [-0.05, 0) is 5.41 Å². The highest BCUT2D eigenvalue weighted by Gasteiger charge is 2.34. The van der Waals surface area contributed by atoms with Gasteiger partial charge in [0, 0.05) is 13.6 Å². The van der Waals surface area contributed by atoms with Gasteiger partial charge < -0.3 is 15.3 Å². The number of carboxylic acids is 1. The van der Waals surface area contributed by atoms with Crippen LogP contribution in [0.15, 0.2) is 0 Å². The van der Waals surface area contributed by atoms with Crippen molar-refractivity contribution in [2.45, 2.75) is 39.4 Å². The standard InChI is InChI=1S/C11H19F3N2O3/c1-10(2,3)7(8(17)18)15-9(19)16(4)6-5-11(12,13)14/h7H,5-6H2,1-4H3,(H,15,19)(H,17,18)/t7-/m1/s1. The number of hydrogen-bond acceptors (Lipinski definition) is 2. The quantitative estimate of drug-likeness (QED) is 0.830. The van der Waals surface area contributed by atoms with Gasteiger partial charge in [0.2, 0.25) is 0 Å². The van der Waals surface area contributed by atoms with Crippen LogP contribution in [0.1, 0.15) is 27.2 Å². The Bertz CT molecular complexity index is 337. The van der Waals surface area contributed by atoms with Gasteiger partial charge in [-0.15, -0.1) is 0 Å². The van der Waals surface area contributed by atoms with Crippen LogP contribution in [0.3, 0.4) is 0 Å². The molecule has 5 nitrogen and oxygen atoms in total. The van der Waals surface area contributed by atoms with Gasteiger partial charge in [-0.2, -0.15) is 13.2 Å². The molecule has 0 bridgehead atoms. The van der Waals surface area contributed by atoms with Crippen LogP contribution in [0, 0.1) is 5.41 Å². The third-order valence-electron chi connectivity index (χ3n) is 2.46. The van der Waals surface area contributed by atoms with Crippen molar-refractivity contribution in [3.05, 3.63) is 0 Å². The Morgan fingerprint density at radius 2 is 1.74 bits per heavy atom. The first-order chi connectivity index (χ1) is 8.34. The molecule has 0 rings (SSSR count). The van der Waals surface area contributed by atoms with E-state index in [1.807, 2.05) is 0 Å². The largest absolute Gasteiger partial charge is 0.480 e. The van der Waals surface area contributed by atoms with Crippen LogP contribution in [0.2, 0.25) is 0 Å². The van der Waals surface area contributed by atoms with E-state index >= 15 is 0 Å². The number of carbonyl (C=O) groups excluding carboxylic acids is 1. The SMILES string of the molecule is CN(CCC(F)(F)F)C(=O)N[C@H](C(=O)O)C(C)(C)C. The molecule has 0 aromatic heterocycles. The minimum Gasteiger partial charge on any atom is -0.480 e. The molecule has 8 heteroatoms. The molecule has 19 heavy (non-hydrogen) atoms. The van der Waals surface area contributed by atoms with E-state index in [1.54, 1.807) is 20.8 Å². The maximum absolute atomic E-state index is 12.0. The fourth-order valence-electron chi connectivity index (χ4n) is 1.28. The number of alkyl halides is 3. The van der Waals surface area contributed by atoms with Crippen molar-refractivity contribution < 1.29 is 27.9 Å². The van der Waals surface area contributed by atoms with E-state index < -0.39 is 42.6 Å². The fourth-order valence-corrected chi connectivity index (χ4v) is 1.28. The van der Waals surface area contributed by atoms with Crippen molar-refractivity contribution in [3.63, 3.8) is 0 Å². The smallest absolute Gasteiger partial charge is 0.390 e. The summed E-state index contributed by atoms with van der Waals surface area (Å²) < 4.78 is 36.0. The molecule has 0 unspecified atom stereocenters. The zero-order chi connectivity index (χ0) is 15.4. The van der Waals surface area contributed by atoms with E-state index in [-0.39, 0.29) is 0 Å². The Morgan fingerprint density at radius 3 is 2.05 bits per heavy atom. The molecule has 0 radical (unpaired) electrons. The summed E-state index contributed by atoms with van der Waals surface area (Å²) in [7, 11) is 1.18. The van der Waals surface area contributed by atoms with Gasteiger partial charge >= 0.3 is 18.2 Å². The molecular weight excluding hydrogens is 265 g/mol. The first-order valence-electron chi connectivity index (χ1n) is 5.66. The van der Waals surface area contributed by atoms with Crippen LogP contribution in [-0.2, 0) is 4.79 Å². The summed E-state index contributed by atoms with van der Waals surface area (Å²) in [6.07, 6.45) is -5.49. The Hall–Kier alpha value is -1.47. The molecule has 0 aromatic carbocycles. The van der Waals surface area contributed by atoms with Crippen LogP contribution in [0.4, 0.5) is 18.0 Å². The predicted molar refractivity (Wildman–Crippen MR) is 62.7 cm³/mol. The van der Waals surface area contributed by atoms with Gasteiger partial charge in [0.25, 0.3) is 0 Å². The zero-order valence-electron chi connectivity index (χ0n) is 11.3. The molecular formula is C11H19F3N2O3. The van der Waals surface area contributed by atoms with Crippen molar-refractivity contribution in [1.82, 2.24) is 10.2 Å². The third kappa shape index (κ3) is 6.88. The molecule has 0 aromatic rings. The van der Waals surface area contributed by atoms with E-state index in [2.05, 4.69) is 5.32 Å². The molecule has 2 N–H and O–H groups in total. The molecule has 112 valence electrons. The summed E-state index contributed by atoms with van der Waals surface area (Å²) in [4.78, 5) is 23.4. The number of nitrogens with zero attached hydrogens (tertiary/aromatic N) is 1. The van der Waals surface area contributed by atoms with E-state index in [0.717, 1.165) is 4.90 Å². The lowest BCUT2D eigenvalue weighted by Crippen LogP contribution is -2.52. The molecule has 0 aliphatic carbocycles. The minimum absolute atomic E-state index is 0.522. The van der Waals surface area contributed by atoms with Crippen molar-refractivity contribution in [1.29, 1.82) is 0 Å². The van der Waals surface area contributed by atoms with Crippen LogP contribution >= 0.6 is 0 Å². The van der Waals surface area contributed by atoms with Crippen molar-refractivity contribution in [2.24, 2.45) is 5.41 Å². The summed E-state index contributed by atoms with van der Waals surface area (Å²) in [6.45, 7) is 4.32. The average molecular weight is 284 g/mol. The number of hydrogen-bond donors (Lipinski definition) is 2. The lowest BCUT2D eigenvalue weighted by Gasteiger charge is -2.29. The first kappa shape index (κ1) is 17.5. The van der Waals surface area contributed by atoms with Gasteiger partial charge in [-0.3, -0.25) is 0 Å². The van der Waals surface area contributed by atoms with Gasteiger partial charge in [0.05, 0.1) is 6.42 Å². The van der Waals surface area contributed by atoms with Gasteiger partial charge in [-0.1, -0.05) is 20.8 Å². The van der Waals surface area contributed by atoms with E-state index in [1.165, 1.54) is 7.05 Å². The summed E-state index contributed by atoms with van der Waals surface area (Å²) in [5, 5.41) is 11.2. The highest BCUT2D eigenvalue weighted by Crippen LogP contribution is 2.21. The molecule has 0 saturated heterocycles. The highest BCUT2D eigenvalue weighted by atomic mass is 19.4. The van der Waals surface area contributed by atoms with Crippen LogP contribution in [0.5, 0.6) is 0 Å². The average Bonchev–Trinajstić information content (AvgIpc) is 2.18. The second-order valence-corrected chi connectivity index (χ2v) is 5.37.